The summed E-state index contributed by atoms with van der Waals surface area (Å²) in [6, 6.07) is 0. The molecule has 90 valence electrons. The van der Waals surface area contributed by atoms with Crippen molar-refractivity contribution >= 4 is 11.9 Å². The zero-order chi connectivity index (χ0) is 12.4. The van der Waals surface area contributed by atoms with E-state index in [2.05, 4.69) is 9.47 Å². The summed E-state index contributed by atoms with van der Waals surface area (Å²) in [7, 11) is 2.80. The standard InChI is InChI=1S/C6H12O2.C5H10O2/c1-4-5(2)6(7)8-3;1-4(2)5(6)7-3/h5H,4H2,1-3H3;4H,1-3H3. The van der Waals surface area contributed by atoms with E-state index >= 15 is 0 Å². The van der Waals surface area contributed by atoms with Crippen LogP contribution in [-0.4, -0.2) is 26.2 Å². The molecule has 0 spiro atoms. The van der Waals surface area contributed by atoms with Crippen molar-refractivity contribution in [1.29, 1.82) is 0 Å². The lowest BCUT2D eigenvalue weighted by atomic mass is 10.1. The summed E-state index contributed by atoms with van der Waals surface area (Å²) in [5, 5.41) is 0. The predicted molar refractivity (Wildman–Crippen MR) is 58.3 cm³/mol. The van der Waals surface area contributed by atoms with Gasteiger partial charge in [-0.1, -0.05) is 27.7 Å². The van der Waals surface area contributed by atoms with Gasteiger partial charge in [-0.2, -0.15) is 0 Å². The Balaban J connectivity index is 0. The van der Waals surface area contributed by atoms with Gasteiger partial charge >= 0.3 is 11.9 Å². The fraction of sp³-hybridized carbons (Fsp3) is 0.818. The molecule has 0 aromatic heterocycles. The summed E-state index contributed by atoms with van der Waals surface area (Å²) >= 11 is 0. The van der Waals surface area contributed by atoms with Gasteiger partial charge in [0.2, 0.25) is 0 Å². The Morgan fingerprint density at radius 2 is 1.40 bits per heavy atom. The second kappa shape index (κ2) is 9.49. The molecule has 15 heavy (non-hydrogen) atoms. The van der Waals surface area contributed by atoms with Gasteiger partial charge in [0.05, 0.1) is 26.1 Å². The first kappa shape index (κ1) is 16.4. The summed E-state index contributed by atoms with van der Waals surface area (Å²) in [5.74, 6) is -0.211. The first-order chi connectivity index (χ1) is 6.90. The van der Waals surface area contributed by atoms with Gasteiger partial charge in [0, 0.05) is 0 Å². The van der Waals surface area contributed by atoms with Crippen LogP contribution >= 0.6 is 0 Å². The van der Waals surface area contributed by atoms with Gasteiger partial charge in [-0.05, 0) is 6.42 Å². The van der Waals surface area contributed by atoms with Crippen molar-refractivity contribution in [3.05, 3.63) is 0 Å². The van der Waals surface area contributed by atoms with Crippen molar-refractivity contribution in [1.82, 2.24) is 0 Å². The van der Waals surface area contributed by atoms with Crippen molar-refractivity contribution in [3.63, 3.8) is 0 Å². The molecule has 1 atom stereocenters. The van der Waals surface area contributed by atoms with Crippen LogP contribution in [0.1, 0.15) is 34.1 Å². The van der Waals surface area contributed by atoms with E-state index in [1.807, 2.05) is 13.8 Å². The smallest absolute Gasteiger partial charge is 0.308 e. The molecule has 4 heteroatoms. The van der Waals surface area contributed by atoms with Crippen LogP contribution in [0.15, 0.2) is 0 Å². The highest BCUT2D eigenvalue weighted by atomic mass is 16.5. The highest BCUT2D eigenvalue weighted by Crippen LogP contribution is 2.00. The van der Waals surface area contributed by atoms with Crippen molar-refractivity contribution < 1.29 is 19.1 Å². The summed E-state index contributed by atoms with van der Waals surface area (Å²) < 4.78 is 8.84. The summed E-state index contributed by atoms with van der Waals surface area (Å²) in [5.41, 5.74) is 0. The molecule has 0 aromatic carbocycles. The van der Waals surface area contributed by atoms with E-state index in [-0.39, 0.29) is 23.8 Å². The van der Waals surface area contributed by atoms with Crippen LogP contribution in [-0.2, 0) is 19.1 Å². The average Bonchev–Trinajstić information content (AvgIpc) is 2.26. The Hall–Kier alpha value is -1.06. The monoisotopic (exact) mass is 218 g/mol. The molecule has 0 fully saturated rings. The number of carbonyl (C=O) groups is 2. The number of carbonyl (C=O) groups excluding carboxylic acids is 2. The predicted octanol–water partition coefficient (Wildman–Crippen LogP) is 2.02. The van der Waals surface area contributed by atoms with Crippen molar-refractivity contribution in [2.75, 3.05) is 14.2 Å². The fourth-order valence-corrected chi connectivity index (χ4v) is 0.604. The van der Waals surface area contributed by atoms with Gasteiger partial charge in [-0.25, -0.2) is 0 Å². The molecular weight excluding hydrogens is 196 g/mol. The number of methoxy groups -OCH3 is 2. The molecule has 0 aliphatic heterocycles. The van der Waals surface area contributed by atoms with Gasteiger partial charge < -0.3 is 9.47 Å². The van der Waals surface area contributed by atoms with E-state index < -0.39 is 0 Å². The Morgan fingerprint density at radius 3 is 1.47 bits per heavy atom. The van der Waals surface area contributed by atoms with Crippen molar-refractivity contribution in [2.45, 2.75) is 34.1 Å². The lowest BCUT2D eigenvalue weighted by Gasteiger charge is -2.02. The minimum atomic E-state index is -0.153. The normalized spacial score (nSPS) is 11.1. The lowest BCUT2D eigenvalue weighted by molar-refractivity contribution is -0.145. The Morgan fingerprint density at radius 1 is 1.00 bits per heavy atom. The van der Waals surface area contributed by atoms with Gasteiger partial charge in [0.15, 0.2) is 0 Å². The number of esters is 2. The van der Waals surface area contributed by atoms with Crippen LogP contribution in [0.3, 0.4) is 0 Å². The first-order valence-corrected chi connectivity index (χ1v) is 5.06. The van der Waals surface area contributed by atoms with E-state index in [4.69, 9.17) is 0 Å². The van der Waals surface area contributed by atoms with E-state index in [1.165, 1.54) is 14.2 Å². The maximum atomic E-state index is 10.5. The van der Waals surface area contributed by atoms with Gasteiger partial charge in [-0.3, -0.25) is 9.59 Å². The Kier molecular flexibility index (Phi) is 10.4. The lowest BCUT2D eigenvalue weighted by Crippen LogP contribution is -2.10. The maximum absolute atomic E-state index is 10.5. The molecule has 0 aromatic rings. The van der Waals surface area contributed by atoms with Crippen LogP contribution < -0.4 is 0 Å². The highest BCUT2D eigenvalue weighted by molar-refractivity contribution is 5.71. The van der Waals surface area contributed by atoms with Crippen LogP contribution in [0.2, 0.25) is 0 Å². The maximum Gasteiger partial charge on any atom is 0.308 e. The third-order valence-corrected chi connectivity index (χ3v) is 1.89. The number of ether oxygens (including phenoxy) is 2. The van der Waals surface area contributed by atoms with Gasteiger partial charge in [-0.15, -0.1) is 0 Å². The molecule has 0 rings (SSSR count). The summed E-state index contributed by atoms with van der Waals surface area (Å²) in [6.07, 6.45) is 0.854. The third-order valence-electron chi connectivity index (χ3n) is 1.89. The second-order valence-electron chi connectivity index (χ2n) is 3.51. The van der Waals surface area contributed by atoms with E-state index in [0.29, 0.717) is 0 Å². The van der Waals surface area contributed by atoms with Crippen molar-refractivity contribution in [3.8, 4) is 0 Å². The minimum absolute atomic E-state index is 0.00463. The van der Waals surface area contributed by atoms with Crippen LogP contribution in [0.25, 0.3) is 0 Å². The van der Waals surface area contributed by atoms with Gasteiger partial charge in [0.25, 0.3) is 0 Å². The molecule has 0 radical (unpaired) electrons. The fourth-order valence-electron chi connectivity index (χ4n) is 0.604. The minimum Gasteiger partial charge on any atom is -0.469 e. The summed E-state index contributed by atoms with van der Waals surface area (Å²) in [4.78, 5) is 20.8. The SMILES string of the molecule is CCC(C)C(=O)OC.COC(=O)C(C)C. The molecule has 0 saturated carbocycles. The largest absolute Gasteiger partial charge is 0.469 e. The Bertz CT molecular complexity index is 187. The van der Waals surface area contributed by atoms with E-state index in [1.54, 1.807) is 13.8 Å². The highest BCUT2D eigenvalue weighted by Gasteiger charge is 2.08. The average molecular weight is 218 g/mol. The van der Waals surface area contributed by atoms with E-state index in [0.717, 1.165) is 6.42 Å². The van der Waals surface area contributed by atoms with Crippen LogP contribution in [0.5, 0.6) is 0 Å². The molecule has 0 N–H and O–H groups in total. The number of rotatable bonds is 3. The molecule has 0 amide bonds. The topological polar surface area (TPSA) is 52.6 Å². The zero-order valence-corrected chi connectivity index (χ0v) is 10.5. The van der Waals surface area contributed by atoms with Crippen LogP contribution in [0, 0.1) is 11.8 Å². The quantitative estimate of drug-likeness (QED) is 0.680. The molecule has 4 nitrogen and oxygen atoms in total. The zero-order valence-electron chi connectivity index (χ0n) is 10.5. The Labute approximate surface area is 91.9 Å². The second-order valence-corrected chi connectivity index (χ2v) is 3.51. The molecule has 0 aliphatic rings. The number of hydrogen-bond donors (Lipinski definition) is 0. The first-order valence-electron chi connectivity index (χ1n) is 5.06. The number of hydrogen-bond acceptors (Lipinski definition) is 4. The molecular formula is C11H22O4. The molecule has 0 heterocycles. The van der Waals surface area contributed by atoms with Crippen LogP contribution in [0.4, 0.5) is 0 Å². The summed E-state index contributed by atoms with van der Waals surface area (Å²) in [6.45, 7) is 7.41. The molecule has 0 saturated heterocycles. The van der Waals surface area contributed by atoms with Crippen molar-refractivity contribution in [2.24, 2.45) is 11.8 Å². The van der Waals surface area contributed by atoms with Gasteiger partial charge in [0.1, 0.15) is 0 Å². The molecule has 1 unspecified atom stereocenters. The third kappa shape index (κ3) is 9.25. The van der Waals surface area contributed by atoms with E-state index in [9.17, 15) is 9.59 Å². The molecule has 0 bridgehead atoms. The molecule has 0 aliphatic carbocycles.